The highest BCUT2D eigenvalue weighted by molar-refractivity contribution is 7.89. The zero-order valence-electron chi connectivity index (χ0n) is 14.5. The van der Waals surface area contributed by atoms with Crippen molar-refractivity contribution in [1.29, 1.82) is 0 Å². The van der Waals surface area contributed by atoms with Crippen molar-refractivity contribution in [1.82, 2.24) is 29.0 Å². The molecule has 1 aliphatic heterocycles. The van der Waals surface area contributed by atoms with E-state index in [0.717, 1.165) is 12.1 Å². The average Bonchev–Trinajstić information content (AvgIpc) is 3.23. The van der Waals surface area contributed by atoms with E-state index < -0.39 is 26.6 Å². The van der Waals surface area contributed by atoms with Gasteiger partial charge < -0.3 is 4.90 Å². The summed E-state index contributed by atoms with van der Waals surface area (Å²) in [5.41, 5.74) is 0. The zero-order chi connectivity index (χ0) is 19.7. The van der Waals surface area contributed by atoms with Gasteiger partial charge in [-0.15, -0.1) is 0 Å². The van der Waals surface area contributed by atoms with Gasteiger partial charge in [0, 0.05) is 38.3 Å². The topological polar surface area (TPSA) is 97.1 Å². The van der Waals surface area contributed by atoms with Crippen LogP contribution < -0.4 is 4.90 Å². The Balaban J connectivity index is 1.50. The van der Waals surface area contributed by atoms with Gasteiger partial charge in [-0.05, 0) is 12.1 Å². The van der Waals surface area contributed by atoms with E-state index in [0.29, 0.717) is 30.8 Å². The van der Waals surface area contributed by atoms with Gasteiger partial charge >= 0.3 is 0 Å². The summed E-state index contributed by atoms with van der Waals surface area (Å²) in [7, 11) is -4.05. The third-order valence-electron chi connectivity index (χ3n) is 4.37. The minimum absolute atomic E-state index is 0.141. The van der Waals surface area contributed by atoms with Crippen LogP contribution in [0.5, 0.6) is 0 Å². The molecule has 2 aromatic heterocycles. The van der Waals surface area contributed by atoms with E-state index in [-0.39, 0.29) is 13.1 Å². The van der Waals surface area contributed by atoms with Crippen molar-refractivity contribution >= 4 is 15.8 Å². The predicted octanol–water partition coefficient (Wildman–Crippen LogP) is 0.846. The molecule has 146 valence electrons. The molecule has 1 saturated heterocycles. The zero-order valence-corrected chi connectivity index (χ0v) is 15.3. The predicted molar refractivity (Wildman–Crippen MR) is 94.3 cm³/mol. The molecule has 1 aliphatic rings. The fourth-order valence-electron chi connectivity index (χ4n) is 2.94. The van der Waals surface area contributed by atoms with E-state index >= 15 is 0 Å². The smallest absolute Gasteiger partial charge is 0.246 e. The Morgan fingerprint density at radius 1 is 0.929 bits per heavy atom. The molecule has 9 nitrogen and oxygen atoms in total. The van der Waals surface area contributed by atoms with Crippen molar-refractivity contribution in [3.8, 4) is 5.82 Å². The average molecular weight is 407 g/mol. The third-order valence-corrected chi connectivity index (χ3v) is 6.30. The van der Waals surface area contributed by atoms with Gasteiger partial charge in [0.25, 0.3) is 0 Å². The second-order valence-corrected chi connectivity index (χ2v) is 7.95. The van der Waals surface area contributed by atoms with Crippen molar-refractivity contribution in [2.75, 3.05) is 31.1 Å². The van der Waals surface area contributed by atoms with Crippen LogP contribution in [0.1, 0.15) is 0 Å². The number of hydrogen-bond donors (Lipinski definition) is 0. The van der Waals surface area contributed by atoms with Crippen molar-refractivity contribution in [2.45, 2.75) is 4.90 Å². The van der Waals surface area contributed by atoms with Crippen LogP contribution in [0.25, 0.3) is 5.82 Å². The molecule has 0 amide bonds. The summed E-state index contributed by atoms with van der Waals surface area (Å²) in [6.07, 6.45) is 4.29. The quantitative estimate of drug-likeness (QED) is 0.632. The van der Waals surface area contributed by atoms with Crippen molar-refractivity contribution < 1.29 is 17.2 Å². The fraction of sp³-hybridized carbons (Fsp3) is 0.250. The van der Waals surface area contributed by atoms with Gasteiger partial charge in [-0.3, -0.25) is 0 Å². The Hall–Kier alpha value is -2.99. The van der Waals surface area contributed by atoms with E-state index in [1.807, 2.05) is 4.90 Å². The molecule has 0 bridgehead atoms. The number of rotatable bonds is 4. The molecule has 12 heteroatoms. The van der Waals surface area contributed by atoms with Crippen molar-refractivity contribution in [3.63, 3.8) is 0 Å². The van der Waals surface area contributed by atoms with E-state index in [4.69, 9.17) is 0 Å². The first-order chi connectivity index (χ1) is 13.4. The highest BCUT2D eigenvalue weighted by Gasteiger charge is 2.31. The Labute approximate surface area is 159 Å². The van der Waals surface area contributed by atoms with E-state index in [1.165, 1.54) is 28.0 Å². The van der Waals surface area contributed by atoms with Crippen LogP contribution in [-0.2, 0) is 10.0 Å². The van der Waals surface area contributed by atoms with Gasteiger partial charge in [0.2, 0.25) is 10.0 Å². The standard InChI is InChI=1S/C16H15F2N7O2S/c17-12-1-2-14(13(18)7-12)28(26,27)24-5-3-23(4-6-24)15-8-16(21-10-20-15)25-11-19-9-22-25/h1-2,7-11H,3-6H2. The number of piperazine rings is 1. The highest BCUT2D eigenvalue weighted by Crippen LogP contribution is 2.23. The normalized spacial score (nSPS) is 15.7. The molecule has 4 rings (SSSR count). The number of sulfonamides is 1. The molecule has 1 fully saturated rings. The molecule has 0 saturated carbocycles. The maximum Gasteiger partial charge on any atom is 0.246 e. The van der Waals surface area contributed by atoms with Crippen LogP contribution in [0, 0.1) is 11.6 Å². The van der Waals surface area contributed by atoms with Gasteiger partial charge in [-0.2, -0.15) is 9.40 Å². The maximum atomic E-state index is 13.9. The van der Waals surface area contributed by atoms with Crippen LogP contribution in [0.15, 0.2) is 48.1 Å². The molecule has 0 atom stereocenters. The molecule has 0 N–H and O–H groups in total. The van der Waals surface area contributed by atoms with Gasteiger partial charge in [0.1, 0.15) is 41.3 Å². The fourth-order valence-corrected chi connectivity index (χ4v) is 4.41. The lowest BCUT2D eigenvalue weighted by Crippen LogP contribution is -2.49. The molecule has 0 radical (unpaired) electrons. The Morgan fingerprint density at radius 3 is 2.36 bits per heavy atom. The van der Waals surface area contributed by atoms with Gasteiger partial charge in [0.05, 0.1) is 0 Å². The molecule has 0 spiro atoms. The van der Waals surface area contributed by atoms with Crippen LogP contribution >= 0.6 is 0 Å². The summed E-state index contributed by atoms with van der Waals surface area (Å²) in [5.74, 6) is -0.777. The van der Waals surface area contributed by atoms with E-state index in [2.05, 4.69) is 20.1 Å². The lowest BCUT2D eigenvalue weighted by atomic mass is 10.3. The first-order valence-corrected chi connectivity index (χ1v) is 9.76. The van der Waals surface area contributed by atoms with E-state index in [9.17, 15) is 17.2 Å². The first-order valence-electron chi connectivity index (χ1n) is 8.32. The number of anilines is 1. The lowest BCUT2D eigenvalue weighted by Gasteiger charge is -2.34. The number of hydrogen-bond acceptors (Lipinski definition) is 7. The van der Waals surface area contributed by atoms with Crippen LogP contribution in [0.4, 0.5) is 14.6 Å². The molecule has 28 heavy (non-hydrogen) atoms. The minimum atomic E-state index is -4.05. The molecule has 0 aliphatic carbocycles. The molecular formula is C16H15F2N7O2S. The number of aromatic nitrogens is 5. The summed E-state index contributed by atoms with van der Waals surface area (Å²) in [5, 5.41) is 4.01. The lowest BCUT2D eigenvalue weighted by molar-refractivity contribution is 0.381. The SMILES string of the molecule is O=S(=O)(c1ccc(F)cc1F)N1CCN(c2cc(-n3cncn3)ncn2)CC1. The molecule has 3 heterocycles. The molecular weight excluding hydrogens is 392 g/mol. The van der Waals surface area contributed by atoms with Gasteiger partial charge in [-0.1, -0.05) is 0 Å². The summed E-state index contributed by atoms with van der Waals surface area (Å²) < 4.78 is 55.0. The second-order valence-electron chi connectivity index (χ2n) is 6.04. The number of halogens is 2. The minimum Gasteiger partial charge on any atom is -0.354 e. The second kappa shape index (κ2) is 7.20. The summed E-state index contributed by atoms with van der Waals surface area (Å²) in [4.78, 5) is 13.6. The van der Waals surface area contributed by atoms with Crippen LogP contribution in [0.2, 0.25) is 0 Å². The monoisotopic (exact) mass is 407 g/mol. The summed E-state index contributed by atoms with van der Waals surface area (Å²) in [6.45, 7) is 0.995. The highest BCUT2D eigenvalue weighted by atomic mass is 32.2. The van der Waals surface area contributed by atoms with Gasteiger partial charge in [-0.25, -0.2) is 36.8 Å². The van der Waals surface area contributed by atoms with Crippen LogP contribution in [-0.4, -0.2) is 63.6 Å². The summed E-state index contributed by atoms with van der Waals surface area (Å²) in [6, 6.07) is 4.16. The van der Waals surface area contributed by atoms with E-state index in [1.54, 1.807) is 6.07 Å². The molecule has 1 aromatic carbocycles. The maximum absolute atomic E-state index is 13.9. The third kappa shape index (κ3) is 3.43. The Bertz CT molecular complexity index is 1080. The number of nitrogens with zero attached hydrogens (tertiary/aromatic N) is 7. The number of benzene rings is 1. The van der Waals surface area contributed by atoms with Crippen molar-refractivity contribution in [2.24, 2.45) is 0 Å². The molecule has 3 aromatic rings. The Kier molecular flexibility index (Phi) is 4.73. The Morgan fingerprint density at radius 2 is 1.68 bits per heavy atom. The van der Waals surface area contributed by atoms with Crippen molar-refractivity contribution in [3.05, 3.63) is 54.9 Å². The largest absolute Gasteiger partial charge is 0.354 e. The van der Waals surface area contributed by atoms with Crippen LogP contribution in [0.3, 0.4) is 0 Å². The summed E-state index contributed by atoms with van der Waals surface area (Å²) >= 11 is 0. The van der Waals surface area contributed by atoms with Gasteiger partial charge in [0.15, 0.2) is 5.82 Å². The first kappa shape index (κ1) is 18.4. The molecule has 0 unspecified atom stereocenters.